The van der Waals surface area contributed by atoms with Gasteiger partial charge in [-0.05, 0) is 87.0 Å². The summed E-state index contributed by atoms with van der Waals surface area (Å²) in [5.74, 6) is 1.58. The molecule has 0 aliphatic carbocycles. The number of methoxy groups -OCH3 is 2. The number of thiazole rings is 1. The predicted octanol–water partition coefficient (Wildman–Crippen LogP) is 4.62. The van der Waals surface area contributed by atoms with Crippen LogP contribution in [0.4, 0.5) is 0 Å². The molecular formula is C32H37IN2O8S. The first-order chi connectivity index (χ1) is 21.1. The Bertz CT molecular complexity index is 1730. The molecule has 0 saturated carbocycles. The second-order valence-corrected chi connectivity index (χ2v) is 12.1. The lowest BCUT2D eigenvalue weighted by Gasteiger charge is -2.27. The van der Waals surface area contributed by atoms with Gasteiger partial charge in [0.2, 0.25) is 0 Å². The zero-order chi connectivity index (χ0) is 32.0. The molecule has 236 valence electrons. The van der Waals surface area contributed by atoms with E-state index in [-0.39, 0.29) is 30.5 Å². The van der Waals surface area contributed by atoms with Crippen molar-refractivity contribution in [1.29, 1.82) is 0 Å². The van der Waals surface area contributed by atoms with Crippen LogP contribution in [0, 0.1) is 3.57 Å². The quantitative estimate of drug-likeness (QED) is 0.142. The number of para-hydroxylation sites is 1. The SMILES string of the molecule is CCOc1cc(/C=c2/sc3n(c2=O)[C@H](c2cccc(OC)c2OCC)C(C(=O)OCCOC)=C(C)N=3)cc(I)c1OC(C)C. The van der Waals surface area contributed by atoms with Gasteiger partial charge in [0.15, 0.2) is 27.8 Å². The molecule has 1 aromatic heterocycles. The van der Waals surface area contributed by atoms with Crippen molar-refractivity contribution in [2.75, 3.05) is 40.6 Å². The molecule has 4 rings (SSSR count). The summed E-state index contributed by atoms with van der Waals surface area (Å²) < 4.78 is 37.0. The number of hydrogen-bond acceptors (Lipinski definition) is 10. The molecule has 12 heteroatoms. The van der Waals surface area contributed by atoms with Crippen LogP contribution in [-0.4, -0.2) is 57.3 Å². The number of ether oxygens (including phenoxy) is 6. The largest absolute Gasteiger partial charge is 0.493 e. The summed E-state index contributed by atoms with van der Waals surface area (Å²) in [6.45, 7) is 10.5. The number of aromatic nitrogens is 1. The van der Waals surface area contributed by atoms with E-state index in [9.17, 15) is 9.59 Å². The zero-order valence-electron chi connectivity index (χ0n) is 25.9. The molecule has 0 saturated heterocycles. The average molecular weight is 737 g/mol. The summed E-state index contributed by atoms with van der Waals surface area (Å²) in [5, 5.41) is 0. The fraction of sp³-hybridized carbons (Fsp3) is 0.406. The van der Waals surface area contributed by atoms with Gasteiger partial charge < -0.3 is 28.4 Å². The van der Waals surface area contributed by atoms with E-state index in [0.29, 0.717) is 56.8 Å². The molecule has 44 heavy (non-hydrogen) atoms. The molecule has 0 fully saturated rings. The van der Waals surface area contributed by atoms with Crippen molar-refractivity contribution in [3.63, 3.8) is 0 Å². The van der Waals surface area contributed by atoms with Crippen molar-refractivity contribution in [2.24, 2.45) is 4.99 Å². The Morgan fingerprint density at radius 3 is 2.50 bits per heavy atom. The minimum absolute atomic E-state index is 0.0333. The number of benzene rings is 2. The van der Waals surface area contributed by atoms with E-state index in [2.05, 4.69) is 22.6 Å². The van der Waals surface area contributed by atoms with E-state index in [1.54, 1.807) is 32.2 Å². The molecule has 0 spiro atoms. The molecule has 0 N–H and O–H groups in total. The van der Waals surface area contributed by atoms with Gasteiger partial charge in [0.05, 0.1) is 52.4 Å². The van der Waals surface area contributed by atoms with Gasteiger partial charge in [0.25, 0.3) is 5.56 Å². The van der Waals surface area contributed by atoms with Crippen LogP contribution in [0.15, 0.2) is 51.4 Å². The average Bonchev–Trinajstić information content (AvgIpc) is 3.28. The van der Waals surface area contributed by atoms with Gasteiger partial charge in [0.1, 0.15) is 12.6 Å². The second kappa shape index (κ2) is 15.1. The molecule has 10 nitrogen and oxygen atoms in total. The lowest BCUT2D eigenvalue weighted by molar-refractivity contribution is -0.140. The minimum atomic E-state index is -0.874. The molecule has 0 unspecified atom stereocenters. The number of fused-ring (bicyclic) bond motifs is 1. The summed E-state index contributed by atoms with van der Waals surface area (Å²) in [6, 6.07) is 8.32. The first-order valence-corrected chi connectivity index (χ1v) is 16.2. The standard InChI is InChI=1S/C32H37IN2O8S/c1-8-40-24-16-20(15-22(33)29(24)43-18(3)4)17-25-30(36)35-27(21-11-10-12-23(39-7)28(21)41-9-2)26(19(5)34-32(35)44-25)31(37)42-14-13-38-6/h10-12,15-18,27H,8-9,13-14H2,1-7H3/b25-17+/t27-/m1/s1. The van der Waals surface area contributed by atoms with E-state index in [0.717, 1.165) is 9.13 Å². The van der Waals surface area contributed by atoms with Crippen LogP contribution in [0.5, 0.6) is 23.0 Å². The molecule has 1 aliphatic rings. The Morgan fingerprint density at radius 1 is 1.09 bits per heavy atom. The molecule has 1 atom stereocenters. The predicted molar refractivity (Wildman–Crippen MR) is 177 cm³/mol. The third-order valence-electron chi connectivity index (χ3n) is 6.56. The number of halogens is 1. The number of carbonyl (C=O) groups is 1. The van der Waals surface area contributed by atoms with Crippen LogP contribution < -0.4 is 33.8 Å². The lowest BCUT2D eigenvalue weighted by atomic mass is 9.94. The lowest BCUT2D eigenvalue weighted by Crippen LogP contribution is -2.40. The summed E-state index contributed by atoms with van der Waals surface area (Å²) in [7, 11) is 3.07. The summed E-state index contributed by atoms with van der Waals surface area (Å²) >= 11 is 3.45. The summed E-state index contributed by atoms with van der Waals surface area (Å²) in [4.78, 5) is 32.9. The smallest absolute Gasteiger partial charge is 0.338 e. The Kier molecular flexibility index (Phi) is 11.5. The molecule has 2 heterocycles. The fourth-order valence-corrected chi connectivity index (χ4v) is 6.61. The molecule has 0 radical (unpaired) electrons. The molecule has 2 aromatic carbocycles. The van der Waals surface area contributed by atoms with E-state index in [1.165, 1.54) is 23.0 Å². The first kappa shape index (κ1) is 33.5. The highest BCUT2D eigenvalue weighted by atomic mass is 127. The van der Waals surface area contributed by atoms with Crippen LogP contribution in [0.3, 0.4) is 0 Å². The molecular weight excluding hydrogens is 699 g/mol. The number of rotatable bonds is 13. The highest BCUT2D eigenvalue weighted by Gasteiger charge is 2.36. The normalized spacial score (nSPS) is 14.8. The van der Waals surface area contributed by atoms with Crippen molar-refractivity contribution in [1.82, 2.24) is 4.57 Å². The maximum Gasteiger partial charge on any atom is 0.338 e. The van der Waals surface area contributed by atoms with Gasteiger partial charge in [-0.25, -0.2) is 9.79 Å². The molecule has 0 amide bonds. The van der Waals surface area contributed by atoms with Crippen LogP contribution in [0.1, 0.15) is 51.8 Å². The van der Waals surface area contributed by atoms with E-state index in [4.69, 9.17) is 33.4 Å². The molecule has 3 aromatic rings. The van der Waals surface area contributed by atoms with Crippen molar-refractivity contribution >= 4 is 46.0 Å². The Hall–Kier alpha value is -3.36. The highest BCUT2D eigenvalue weighted by molar-refractivity contribution is 14.1. The van der Waals surface area contributed by atoms with Gasteiger partial charge in [-0.3, -0.25) is 9.36 Å². The van der Waals surface area contributed by atoms with E-state index < -0.39 is 12.0 Å². The third-order valence-corrected chi connectivity index (χ3v) is 8.34. The summed E-state index contributed by atoms with van der Waals surface area (Å²) in [6.07, 6.45) is 1.77. The highest BCUT2D eigenvalue weighted by Crippen LogP contribution is 2.41. The maximum absolute atomic E-state index is 14.2. The maximum atomic E-state index is 14.2. The van der Waals surface area contributed by atoms with E-state index >= 15 is 0 Å². The number of hydrogen-bond donors (Lipinski definition) is 0. The van der Waals surface area contributed by atoms with Crippen LogP contribution >= 0.6 is 33.9 Å². The van der Waals surface area contributed by atoms with Gasteiger partial charge in [-0.15, -0.1) is 0 Å². The zero-order valence-corrected chi connectivity index (χ0v) is 28.9. The number of esters is 1. The van der Waals surface area contributed by atoms with Crippen molar-refractivity contribution in [2.45, 2.75) is 46.8 Å². The van der Waals surface area contributed by atoms with Gasteiger partial charge >= 0.3 is 5.97 Å². The van der Waals surface area contributed by atoms with Crippen molar-refractivity contribution in [3.05, 3.63) is 76.0 Å². The monoisotopic (exact) mass is 736 g/mol. The van der Waals surface area contributed by atoms with Crippen LogP contribution in [0.2, 0.25) is 0 Å². The second-order valence-electron chi connectivity index (χ2n) is 9.95. The molecule has 0 bridgehead atoms. The van der Waals surface area contributed by atoms with Gasteiger partial charge in [0, 0.05) is 12.7 Å². The Labute approximate surface area is 274 Å². The third kappa shape index (κ3) is 7.13. The van der Waals surface area contributed by atoms with Crippen molar-refractivity contribution in [3.8, 4) is 23.0 Å². The number of nitrogens with zero attached hydrogens (tertiary/aromatic N) is 2. The van der Waals surface area contributed by atoms with Crippen LogP contribution in [0.25, 0.3) is 6.08 Å². The number of carbonyl (C=O) groups excluding carboxylic acids is 1. The Balaban J connectivity index is 1.95. The fourth-order valence-electron chi connectivity index (χ4n) is 4.82. The topological polar surface area (TPSA) is 107 Å². The summed E-state index contributed by atoms with van der Waals surface area (Å²) in [5.41, 5.74) is 1.71. The molecule has 1 aliphatic heterocycles. The van der Waals surface area contributed by atoms with Gasteiger partial charge in [-0.2, -0.15) is 0 Å². The van der Waals surface area contributed by atoms with Crippen LogP contribution in [-0.2, 0) is 14.3 Å². The minimum Gasteiger partial charge on any atom is -0.493 e. The van der Waals surface area contributed by atoms with Gasteiger partial charge in [-0.1, -0.05) is 23.5 Å². The van der Waals surface area contributed by atoms with Crippen molar-refractivity contribution < 1.29 is 33.2 Å². The first-order valence-electron chi connectivity index (χ1n) is 14.3. The number of allylic oxidation sites excluding steroid dienone is 1. The Morgan fingerprint density at radius 2 is 1.84 bits per heavy atom. The van der Waals surface area contributed by atoms with E-state index in [1.807, 2.05) is 45.9 Å².